The zero-order valence-electron chi connectivity index (χ0n) is 11.4. The van der Waals surface area contributed by atoms with Crippen LogP contribution in [0.1, 0.15) is 32.6 Å². The maximum absolute atomic E-state index is 12.5. The highest BCUT2D eigenvalue weighted by Gasteiger charge is 2.39. The van der Waals surface area contributed by atoms with Gasteiger partial charge >= 0.3 is 0 Å². The number of likely N-dealkylation sites (tertiary alicyclic amines) is 2. The third kappa shape index (κ3) is 2.16. The fourth-order valence-corrected chi connectivity index (χ4v) is 3.93. The molecule has 102 valence electrons. The molecule has 3 unspecified atom stereocenters. The molecule has 3 aliphatic rings. The normalized spacial score (nSPS) is 34.6. The van der Waals surface area contributed by atoms with Crippen LogP contribution in [0.5, 0.6) is 0 Å². The summed E-state index contributed by atoms with van der Waals surface area (Å²) < 4.78 is 0. The maximum atomic E-state index is 12.5. The molecule has 1 N–H and O–H groups in total. The first-order valence-corrected chi connectivity index (χ1v) is 7.52. The van der Waals surface area contributed by atoms with E-state index in [2.05, 4.69) is 22.0 Å². The van der Waals surface area contributed by atoms with Crippen LogP contribution >= 0.6 is 0 Å². The topological polar surface area (TPSA) is 35.6 Å². The van der Waals surface area contributed by atoms with Crippen molar-refractivity contribution in [3.05, 3.63) is 0 Å². The summed E-state index contributed by atoms with van der Waals surface area (Å²) in [5.74, 6) is 1.13. The minimum Gasteiger partial charge on any atom is -0.341 e. The van der Waals surface area contributed by atoms with Gasteiger partial charge in [-0.1, -0.05) is 0 Å². The van der Waals surface area contributed by atoms with Gasteiger partial charge in [0.25, 0.3) is 0 Å². The van der Waals surface area contributed by atoms with Crippen LogP contribution in [-0.2, 0) is 4.79 Å². The summed E-state index contributed by atoms with van der Waals surface area (Å²) in [4.78, 5) is 17.0. The van der Waals surface area contributed by atoms with E-state index in [0.717, 1.165) is 38.6 Å². The molecule has 3 rings (SSSR count). The molecule has 0 aliphatic carbocycles. The van der Waals surface area contributed by atoms with Crippen molar-refractivity contribution in [2.75, 3.05) is 32.7 Å². The number of amides is 1. The van der Waals surface area contributed by atoms with Crippen LogP contribution in [0.2, 0.25) is 0 Å². The predicted molar refractivity (Wildman–Crippen MR) is 71.4 cm³/mol. The number of carbonyl (C=O) groups excluding carboxylic acids is 1. The van der Waals surface area contributed by atoms with Crippen LogP contribution < -0.4 is 5.32 Å². The second kappa shape index (κ2) is 5.17. The first kappa shape index (κ1) is 12.4. The summed E-state index contributed by atoms with van der Waals surface area (Å²) in [7, 11) is 0. The molecule has 3 atom stereocenters. The van der Waals surface area contributed by atoms with Gasteiger partial charge in [-0.2, -0.15) is 0 Å². The van der Waals surface area contributed by atoms with E-state index in [1.807, 2.05) is 0 Å². The Kier molecular flexibility index (Phi) is 3.57. The van der Waals surface area contributed by atoms with E-state index in [1.54, 1.807) is 0 Å². The lowest BCUT2D eigenvalue weighted by molar-refractivity contribution is -0.137. The van der Waals surface area contributed by atoms with Crippen LogP contribution in [0, 0.1) is 5.92 Å². The summed E-state index contributed by atoms with van der Waals surface area (Å²) in [5, 5.41) is 3.49. The van der Waals surface area contributed by atoms with Gasteiger partial charge in [0.05, 0.1) is 6.04 Å². The minimum atomic E-state index is 0.0794. The highest BCUT2D eigenvalue weighted by atomic mass is 16.2. The molecule has 18 heavy (non-hydrogen) atoms. The average Bonchev–Trinajstić information content (AvgIpc) is 3.06. The Morgan fingerprint density at radius 3 is 2.72 bits per heavy atom. The zero-order valence-corrected chi connectivity index (χ0v) is 11.4. The molecule has 1 amide bonds. The summed E-state index contributed by atoms with van der Waals surface area (Å²) in [5.41, 5.74) is 0. The fourth-order valence-electron chi connectivity index (χ4n) is 3.93. The Hall–Kier alpha value is -0.610. The van der Waals surface area contributed by atoms with Crippen LogP contribution in [0.3, 0.4) is 0 Å². The van der Waals surface area contributed by atoms with E-state index in [1.165, 1.54) is 25.7 Å². The summed E-state index contributed by atoms with van der Waals surface area (Å²) in [6.07, 6.45) is 4.96. The molecule has 3 saturated heterocycles. The predicted octanol–water partition coefficient (Wildman–Crippen LogP) is 0.681. The molecule has 3 heterocycles. The van der Waals surface area contributed by atoms with Crippen molar-refractivity contribution < 1.29 is 4.79 Å². The van der Waals surface area contributed by atoms with Crippen molar-refractivity contribution in [2.24, 2.45) is 5.92 Å². The molecular formula is C14H25N3O. The van der Waals surface area contributed by atoms with Crippen LogP contribution in [-0.4, -0.2) is 60.5 Å². The number of hydrogen-bond acceptors (Lipinski definition) is 3. The largest absolute Gasteiger partial charge is 0.341 e. The van der Waals surface area contributed by atoms with Crippen LogP contribution in [0.15, 0.2) is 0 Å². The first-order chi connectivity index (χ1) is 8.77. The Morgan fingerprint density at radius 2 is 1.94 bits per heavy atom. The van der Waals surface area contributed by atoms with Crippen molar-refractivity contribution in [1.29, 1.82) is 0 Å². The van der Waals surface area contributed by atoms with E-state index in [0.29, 0.717) is 11.9 Å². The number of fused-ring (bicyclic) bond motifs is 1. The molecule has 0 radical (unpaired) electrons. The van der Waals surface area contributed by atoms with Gasteiger partial charge in [0.1, 0.15) is 0 Å². The van der Waals surface area contributed by atoms with Gasteiger partial charge < -0.3 is 10.2 Å². The van der Waals surface area contributed by atoms with Crippen LogP contribution in [0.25, 0.3) is 0 Å². The number of nitrogens with one attached hydrogen (secondary N) is 1. The van der Waals surface area contributed by atoms with E-state index in [-0.39, 0.29) is 6.04 Å². The van der Waals surface area contributed by atoms with Gasteiger partial charge in [-0.15, -0.1) is 0 Å². The Balaban J connectivity index is 1.66. The third-order valence-corrected chi connectivity index (χ3v) is 4.99. The van der Waals surface area contributed by atoms with Crippen molar-refractivity contribution in [2.45, 2.75) is 44.7 Å². The lowest BCUT2D eigenvalue weighted by Gasteiger charge is -2.41. The van der Waals surface area contributed by atoms with Crippen molar-refractivity contribution in [3.63, 3.8) is 0 Å². The SMILES string of the molecule is CC(C(=O)N1CCCC1)N1CCCC2CNCC21. The molecule has 3 fully saturated rings. The highest BCUT2D eigenvalue weighted by molar-refractivity contribution is 5.81. The second-order valence-corrected chi connectivity index (χ2v) is 6.07. The molecule has 0 aromatic carbocycles. The minimum absolute atomic E-state index is 0.0794. The maximum Gasteiger partial charge on any atom is 0.239 e. The highest BCUT2D eigenvalue weighted by Crippen LogP contribution is 2.28. The molecule has 3 aliphatic heterocycles. The zero-order chi connectivity index (χ0) is 12.5. The van der Waals surface area contributed by atoms with Crippen molar-refractivity contribution >= 4 is 5.91 Å². The number of carbonyl (C=O) groups is 1. The van der Waals surface area contributed by atoms with Gasteiger partial charge in [0.15, 0.2) is 0 Å². The van der Waals surface area contributed by atoms with E-state index < -0.39 is 0 Å². The number of hydrogen-bond donors (Lipinski definition) is 1. The monoisotopic (exact) mass is 251 g/mol. The summed E-state index contributed by atoms with van der Waals surface area (Å²) in [6.45, 7) is 7.38. The molecule has 4 nitrogen and oxygen atoms in total. The van der Waals surface area contributed by atoms with E-state index >= 15 is 0 Å². The van der Waals surface area contributed by atoms with Crippen LogP contribution in [0.4, 0.5) is 0 Å². The van der Waals surface area contributed by atoms with Gasteiger partial charge in [0.2, 0.25) is 5.91 Å². The molecule has 0 saturated carbocycles. The molecule has 0 aromatic rings. The third-order valence-electron chi connectivity index (χ3n) is 4.99. The lowest BCUT2D eigenvalue weighted by Crippen LogP contribution is -2.54. The van der Waals surface area contributed by atoms with E-state index in [4.69, 9.17) is 0 Å². The molecule has 0 bridgehead atoms. The number of nitrogens with zero attached hydrogens (tertiary/aromatic N) is 2. The standard InChI is InChI=1S/C14H25N3O/c1-11(14(18)16-6-2-3-7-16)17-8-4-5-12-9-15-10-13(12)17/h11-13,15H,2-10H2,1H3. The smallest absolute Gasteiger partial charge is 0.239 e. The summed E-state index contributed by atoms with van der Waals surface area (Å²) in [6, 6.07) is 0.677. The average molecular weight is 251 g/mol. The molecule has 0 aromatic heterocycles. The number of piperidine rings is 1. The molecule has 0 spiro atoms. The first-order valence-electron chi connectivity index (χ1n) is 7.52. The van der Waals surface area contributed by atoms with Gasteiger partial charge in [0, 0.05) is 25.7 Å². The Labute approximate surface area is 110 Å². The van der Waals surface area contributed by atoms with E-state index in [9.17, 15) is 4.79 Å². The van der Waals surface area contributed by atoms with Gasteiger partial charge in [-0.3, -0.25) is 9.69 Å². The lowest BCUT2D eigenvalue weighted by atomic mass is 9.91. The van der Waals surface area contributed by atoms with Gasteiger partial charge in [-0.25, -0.2) is 0 Å². The quantitative estimate of drug-likeness (QED) is 0.784. The fraction of sp³-hybridized carbons (Fsp3) is 0.929. The molecular weight excluding hydrogens is 226 g/mol. The van der Waals surface area contributed by atoms with Gasteiger partial charge in [-0.05, 0) is 51.6 Å². The summed E-state index contributed by atoms with van der Waals surface area (Å²) >= 11 is 0. The number of rotatable bonds is 2. The molecule has 4 heteroatoms. The Morgan fingerprint density at radius 1 is 1.17 bits per heavy atom. The van der Waals surface area contributed by atoms with Crippen molar-refractivity contribution in [1.82, 2.24) is 15.1 Å². The second-order valence-electron chi connectivity index (χ2n) is 6.07. The Bertz CT molecular complexity index is 314. The van der Waals surface area contributed by atoms with Crippen molar-refractivity contribution in [3.8, 4) is 0 Å².